The number of hydrogen-bond donors (Lipinski definition) is 0. The first-order valence-corrected chi connectivity index (χ1v) is 9.92. The summed E-state index contributed by atoms with van der Waals surface area (Å²) in [4.78, 5) is 4.95. The molecule has 0 aliphatic carbocycles. The highest BCUT2D eigenvalue weighted by atomic mass is 35.5. The van der Waals surface area contributed by atoms with Gasteiger partial charge in [-0.1, -0.05) is 40.9 Å². The second-order valence-corrected chi connectivity index (χ2v) is 8.25. The summed E-state index contributed by atoms with van der Waals surface area (Å²) in [5.41, 5.74) is 2.32. The van der Waals surface area contributed by atoms with Crippen LogP contribution in [-0.4, -0.2) is 13.2 Å². The molecule has 3 nitrogen and oxygen atoms in total. The van der Waals surface area contributed by atoms with Gasteiger partial charge in [0.25, 0.3) is 0 Å². The van der Waals surface area contributed by atoms with Crippen molar-refractivity contribution >= 4 is 45.2 Å². The van der Waals surface area contributed by atoms with E-state index in [-0.39, 0.29) is 0 Å². The number of hydrogen-bond acceptors (Lipinski definition) is 2. The third-order valence-corrected chi connectivity index (χ3v) is 6.09. The average molecular weight is 419 g/mol. The average Bonchev–Trinajstić information content (AvgIpc) is 3.02. The topological polar surface area (TPSA) is 34.9 Å². The van der Waals surface area contributed by atoms with Crippen LogP contribution in [0.1, 0.15) is 5.56 Å². The Hall–Kier alpha value is -2.21. The maximum absolute atomic E-state index is 14.5. The van der Waals surface area contributed by atoms with Gasteiger partial charge in [0.2, 0.25) is 0 Å². The van der Waals surface area contributed by atoms with Gasteiger partial charge in [0.1, 0.15) is 5.82 Å². The van der Waals surface area contributed by atoms with E-state index in [1.807, 2.05) is 19.1 Å². The van der Waals surface area contributed by atoms with Gasteiger partial charge in [-0.25, -0.2) is 17.6 Å². The molecule has 0 bridgehead atoms. The van der Waals surface area contributed by atoms with Crippen molar-refractivity contribution in [1.29, 1.82) is 0 Å². The summed E-state index contributed by atoms with van der Waals surface area (Å²) < 4.78 is 29.2. The van der Waals surface area contributed by atoms with Crippen LogP contribution in [0, 0.1) is 12.7 Å². The molecule has 0 saturated heterocycles. The molecule has 0 amide bonds. The lowest BCUT2D eigenvalue weighted by Gasteiger charge is -2.05. The predicted molar refractivity (Wildman–Crippen MR) is 108 cm³/mol. The molecule has 136 valence electrons. The lowest BCUT2D eigenvalue weighted by molar-refractivity contribution is 0.631. The van der Waals surface area contributed by atoms with Crippen LogP contribution in [0.3, 0.4) is 0 Å². The van der Waals surface area contributed by atoms with E-state index in [4.69, 9.17) is 23.2 Å². The van der Waals surface area contributed by atoms with Crippen LogP contribution in [0.15, 0.2) is 65.8 Å². The van der Waals surface area contributed by atoms with E-state index in [2.05, 4.69) is 4.98 Å². The molecular weight excluding hydrogens is 406 g/mol. The Morgan fingerprint density at radius 1 is 1.04 bits per heavy atom. The molecular formula is C20H13Cl2FN2OS. The maximum Gasteiger partial charge on any atom is 0.158 e. The second-order valence-electron chi connectivity index (χ2n) is 6.05. The zero-order valence-electron chi connectivity index (χ0n) is 14.1. The first-order chi connectivity index (χ1) is 13.0. The minimum atomic E-state index is -1.55. The Labute approximate surface area is 168 Å². The van der Waals surface area contributed by atoms with E-state index >= 15 is 0 Å². The van der Waals surface area contributed by atoms with E-state index < -0.39 is 16.8 Å². The highest BCUT2D eigenvalue weighted by molar-refractivity contribution is 7.83. The van der Waals surface area contributed by atoms with Crippen LogP contribution in [-0.2, 0) is 11.0 Å². The van der Waals surface area contributed by atoms with E-state index in [1.165, 1.54) is 16.2 Å². The van der Waals surface area contributed by atoms with Crippen LogP contribution in [0.25, 0.3) is 22.2 Å². The van der Waals surface area contributed by atoms with Crippen molar-refractivity contribution in [3.63, 3.8) is 0 Å². The molecule has 1 atom stereocenters. The first-order valence-electron chi connectivity index (χ1n) is 8.05. The minimum absolute atomic E-state index is 0.299. The highest BCUT2D eigenvalue weighted by Crippen LogP contribution is 2.37. The lowest BCUT2D eigenvalue weighted by Crippen LogP contribution is -2.04. The Kier molecular flexibility index (Phi) is 4.76. The number of nitrogens with zero attached hydrogens (tertiary/aromatic N) is 2. The van der Waals surface area contributed by atoms with Gasteiger partial charge in [0, 0.05) is 33.9 Å². The van der Waals surface area contributed by atoms with Gasteiger partial charge in [0.15, 0.2) is 16.6 Å². The Morgan fingerprint density at radius 2 is 1.78 bits per heavy atom. The van der Waals surface area contributed by atoms with E-state index in [0.717, 1.165) is 5.56 Å². The summed E-state index contributed by atoms with van der Waals surface area (Å²) in [5, 5.41) is 1.25. The summed E-state index contributed by atoms with van der Waals surface area (Å²) in [7, 11) is -1.55. The largest absolute Gasteiger partial charge is 0.245 e. The van der Waals surface area contributed by atoms with Gasteiger partial charge in [-0.3, -0.25) is 0 Å². The van der Waals surface area contributed by atoms with E-state index in [1.54, 1.807) is 36.5 Å². The first kappa shape index (κ1) is 18.2. The van der Waals surface area contributed by atoms with Gasteiger partial charge in [0.05, 0.1) is 9.92 Å². The lowest BCUT2D eigenvalue weighted by atomic mass is 10.1. The second kappa shape index (κ2) is 7.08. The molecule has 0 aliphatic heterocycles. The fraction of sp³-hybridized carbons (Fsp3) is 0.0500. The molecule has 2 aromatic heterocycles. The molecule has 2 aromatic carbocycles. The standard InChI is InChI=1S/C20H13Cl2FN2OS/c1-12-2-5-14(6-3-12)27(26)25-11-16(15-7-4-13(21)10-18(15)23)19-17(22)8-9-24-20(19)25/h2-11H,1H3. The zero-order chi connectivity index (χ0) is 19.1. The SMILES string of the molecule is Cc1ccc(S(=O)n2cc(-c3ccc(Cl)cc3F)c3c(Cl)ccnc32)cc1. The van der Waals surface area contributed by atoms with Gasteiger partial charge >= 0.3 is 0 Å². The summed E-state index contributed by atoms with van der Waals surface area (Å²) in [6, 6.07) is 13.4. The smallest absolute Gasteiger partial charge is 0.158 e. The van der Waals surface area contributed by atoms with Crippen LogP contribution in [0.5, 0.6) is 0 Å². The number of rotatable bonds is 3. The molecule has 0 aliphatic rings. The molecule has 0 fully saturated rings. The maximum atomic E-state index is 14.5. The van der Waals surface area contributed by atoms with Gasteiger partial charge < -0.3 is 0 Å². The fourth-order valence-corrected chi connectivity index (χ4v) is 4.39. The number of aromatic nitrogens is 2. The monoisotopic (exact) mass is 418 g/mol. The highest BCUT2D eigenvalue weighted by Gasteiger charge is 2.20. The quantitative estimate of drug-likeness (QED) is 0.407. The molecule has 27 heavy (non-hydrogen) atoms. The van der Waals surface area contributed by atoms with Gasteiger partial charge in [-0.15, -0.1) is 0 Å². The van der Waals surface area contributed by atoms with Crippen molar-refractivity contribution in [3.05, 3.63) is 82.4 Å². The van der Waals surface area contributed by atoms with Gasteiger partial charge in [-0.2, -0.15) is 0 Å². The Morgan fingerprint density at radius 3 is 2.48 bits per heavy atom. The summed E-state index contributed by atoms with van der Waals surface area (Å²) >= 11 is 12.2. The Bertz CT molecular complexity index is 1190. The molecule has 0 saturated carbocycles. The number of fused-ring (bicyclic) bond motifs is 1. The van der Waals surface area contributed by atoms with Crippen LogP contribution >= 0.6 is 23.2 Å². The van der Waals surface area contributed by atoms with Crippen molar-refractivity contribution in [1.82, 2.24) is 8.96 Å². The van der Waals surface area contributed by atoms with Crippen molar-refractivity contribution in [3.8, 4) is 11.1 Å². The summed E-state index contributed by atoms with van der Waals surface area (Å²) in [6.45, 7) is 1.96. The number of aryl methyl sites for hydroxylation is 1. The zero-order valence-corrected chi connectivity index (χ0v) is 16.4. The molecule has 7 heteroatoms. The molecule has 4 aromatic rings. The molecule has 1 unspecified atom stereocenters. The van der Waals surface area contributed by atoms with Crippen LogP contribution in [0.4, 0.5) is 4.39 Å². The van der Waals surface area contributed by atoms with Crippen molar-refractivity contribution in [2.24, 2.45) is 0 Å². The molecule has 0 spiro atoms. The number of pyridine rings is 1. The number of halogens is 3. The summed E-state index contributed by atoms with van der Waals surface area (Å²) in [6.07, 6.45) is 3.15. The van der Waals surface area contributed by atoms with Crippen LogP contribution < -0.4 is 0 Å². The van der Waals surface area contributed by atoms with Crippen molar-refractivity contribution in [2.45, 2.75) is 11.8 Å². The van der Waals surface area contributed by atoms with E-state index in [9.17, 15) is 8.60 Å². The summed E-state index contributed by atoms with van der Waals surface area (Å²) in [5.74, 6) is -0.484. The third kappa shape index (κ3) is 3.27. The van der Waals surface area contributed by atoms with Crippen molar-refractivity contribution < 1.29 is 8.60 Å². The number of benzene rings is 2. The Balaban J connectivity index is 1.97. The fourth-order valence-electron chi connectivity index (χ4n) is 2.89. The van der Waals surface area contributed by atoms with Crippen LogP contribution in [0.2, 0.25) is 10.0 Å². The molecule has 0 N–H and O–H groups in total. The van der Waals surface area contributed by atoms with Crippen molar-refractivity contribution in [2.75, 3.05) is 0 Å². The minimum Gasteiger partial charge on any atom is -0.245 e. The molecule has 0 radical (unpaired) electrons. The van der Waals surface area contributed by atoms with E-state index in [0.29, 0.717) is 37.1 Å². The molecule has 2 heterocycles. The van der Waals surface area contributed by atoms with Gasteiger partial charge in [-0.05, 0) is 43.3 Å². The normalized spacial score (nSPS) is 12.4. The third-order valence-electron chi connectivity index (χ3n) is 4.23. The predicted octanol–water partition coefficient (Wildman–Crippen LogP) is 6.03. The molecule has 4 rings (SSSR count).